The summed E-state index contributed by atoms with van der Waals surface area (Å²) in [6, 6.07) is 1.86. The van der Waals surface area contributed by atoms with Crippen LogP contribution in [0.5, 0.6) is 0 Å². The normalized spacial score (nSPS) is 28.1. The van der Waals surface area contributed by atoms with Crippen molar-refractivity contribution in [2.45, 2.75) is 45.1 Å². The summed E-state index contributed by atoms with van der Waals surface area (Å²) in [5, 5.41) is 13.1. The lowest BCUT2D eigenvalue weighted by Gasteiger charge is -2.39. The van der Waals surface area contributed by atoms with E-state index in [9.17, 15) is 5.11 Å². The van der Waals surface area contributed by atoms with E-state index in [1.165, 1.54) is 0 Å². The zero-order chi connectivity index (χ0) is 13.2. The molecule has 1 aromatic rings. The van der Waals surface area contributed by atoms with E-state index in [1.54, 1.807) is 0 Å². The van der Waals surface area contributed by atoms with Gasteiger partial charge < -0.3 is 10.4 Å². The Kier molecular flexibility index (Phi) is 4.22. The van der Waals surface area contributed by atoms with Gasteiger partial charge in [-0.3, -0.25) is 0 Å². The first-order chi connectivity index (χ1) is 8.53. The molecule has 5 heteroatoms. The van der Waals surface area contributed by atoms with Gasteiger partial charge in [-0.25, -0.2) is 9.97 Å². The molecule has 1 saturated carbocycles. The molecule has 1 heterocycles. The van der Waals surface area contributed by atoms with Crippen LogP contribution in [0.25, 0.3) is 0 Å². The van der Waals surface area contributed by atoms with Crippen LogP contribution in [0.1, 0.15) is 38.4 Å². The van der Waals surface area contributed by atoms with Crippen molar-refractivity contribution in [1.29, 1.82) is 0 Å². The van der Waals surface area contributed by atoms with Crippen LogP contribution in [0.3, 0.4) is 0 Å². The standard InChI is InChI=1S/C13H20BrN3O/c1-9-3-5-13(8-18,6-4-9)17-12-7-11(14)15-10(2)16-12/h7,9,18H,3-6,8H2,1-2H3,(H,15,16,17). The van der Waals surface area contributed by atoms with Gasteiger partial charge in [0.05, 0.1) is 12.1 Å². The van der Waals surface area contributed by atoms with Gasteiger partial charge in [-0.1, -0.05) is 6.92 Å². The Balaban J connectivity index is 2.14. The molecule has 0 radical (unpaired) electrons. The molecule has 0 spiro atoms. The number of aromatic nitrogens is 2. The van der Waals surface area contributed by atoms with Crippen molar-refractivity contribution in [3.63, 3.8) is 0 Å². The van der Waals surface area contributed by atoms with E-state index < -0.39 is 0 Å². The molecule has 18 heavy (non-hydrogen) atoms. The Morgan fingerprint density at radius 2 is 2.11 bits per heavy atom. The van der Waals surface area contributed by atoms with E-state index in [0.29, 0.717) is 0 Å². The number of nitrogens with zero attached hydrogens (tertiary/aromatic N) is 2. The second-order valence-electron chi connectivity index (χ2n) is 5.37. The van der Waals surface area contributed by atoms with E-state index >= 15 is 0 Å². The Morgan fingerprint density at radius 1 is 1.44 bits per heavy atom. The molecule has 1 aliphatic carbocycles. The molecule has 0 atom stereocenters. The lowest BCUT2D eigenvalue weighted by Crippen LogP contribution is -2.45. The van der Waals surface area contributed by atoms with Crippen molar-refractivity contribution >= 4 is 21.7 Å². The number of nitrogens with one attached hydrogen (secondary N) is 1. The highest BCUT2D eigenvalue weighted by atomic mass is 79.9. The fraction of sp³-hybridized carbons (Fsp3) is 0.692. The number of rotatable bonds is 3. The number of halogens is 1. The number of hydrogen-bond acceptors (Lipinski definition) is 4. The molecule has 1 aromatic heterocycles. The van der Waals surface area contributed by atoms with Gasteiger partial charge in [0.25, 0.3) is 0 Å². The van der Waals surface area contributed by atoms with Crippen molar-refractivity contribution in [2.75, 3.05) is 11.9 Å². The molecule has 2 rings (SSSR count). The predicted molar refractivity (Wildman–Crippen MR) is 75.5 cm³/mol. The average Bonchev–Trinajstić information content (AvgIpc) is 2.31. The molecule has 0 saturated heterocycles. The quantitative estimate of drug-likeness (QED) is 0.842. The van der Waals surface area contributed by atoms with Crippen LogP contribution in [0.4, 0.5) is 5.82 Å². The van der Waals surface area contributed by atoms with Crippen molar-refractivity contribution < 1.29 is 5.11 Å². The first-order valence-corrected chi connectivity index (χ1v) is 7.22. The molecule has 0 unspecified atom stereocenters. The van der Waals surface area contributed by atoms with Gasteiger partial charge in [0.2, 0.25) is 0 Å². The Labute approximate surface area is 116 Å². The van der Waals surface area contributed by atoms with Crippen molar-refractivity contribution in [3.05, 3.63) is 16.5 Å². The zero-order valence-electron chi connectivity index (χ0n) is 10.9. The minimum atomic E-state index is -0.216. The summed E-state index contributed by atoms with van der Waals surface area (Å²) in [5.41, 5.74) is -0.216. The number of aliphatic hydroxyl groups excluding tert-OH is 1. The van der Waals surface area contributed by atoms with Gasteiger partial charge in [-0.15, -0.1) is 0 Å². The van der Waals surface area contributed by atoms with Crippen LogP contribution in [-0.4, -0.2) is 27.2 Å². The van der Waals surface area contributed by atoms with Crippen LogP contribution < -0.4 is 5.32 Å². The van der Waals surface area contributed by atoms with Crippen LogP contribution in [0, 0.1) is 12.8 Å². The summed E-state index contributed by atoms with van der Waals surface area (Å²) in [6.07, 6.45) is 4.29. The summed E-state index contributed by atoms with van der Waals surface area (Å²) < 4.78 is 0.773. The number of anilines is 1. The fourth-order valence-corrected chi connectivity index (χ4v) is 2.98. The minimum absolute atomic E-state index is 0.153. The van der Waals surface area contributed by atoms with Gasteiger partial charge in [-0.2, -0.15) is 0 Å². The first-order valence-electron chi connectivity index (χ1n) is 6.43. The van der Waals surface area contributed by atoms with E-state index in [0.717, 1.165) is 47.8 Å². The lowest BCUT2D eigenvalue weighted by molar-refractivity contribution is 0.155. The number of aliphatic hydroxyl groups is 1. The van der Waals surface area contributed by atoms with E-state index in [4.69, 9.17) is 0 Å². The number of aryl methyl sites for hydroxylation is 1. The first kappa shape index (κ1) is 13.7. The van der Waals surface area contributed by atoms with Crippen LogP contribution in [0.2, 0.25) is 0 Å². The topological polar surface area (TPSA) is 58.0 Å². The summed E-state index contributed by atoms with van der Waals surface area (Å²) in [5.74, 6) is 2.27. The fourth-order valence-electron chi connectivity index (χ4n) is 2.50. The van der Waals surface area contributed by atoms with E-state index in [-0.39, 0.29) is 12.1 Å². The predicted octanol–water partition coefficient (Wildman–Crippen LogP) is 2.90. The van der Waals surface area contributed by atoms with Crippen LogP contribution in [0.15, 0.2) is 10.7 Å². The Morgan fingerprint density at radius 3 is 2.67 bits per heavy atom. The van der Waals surface area contributed by atoms with Crippen molar-refractivity contribution in [1.82, 2.24) is 9.97 Å². The molecule has 0 aromatic carbocycles. The molecule has 1 aliphatic rings. The van der Waals surface area contributed by atoms with Gasteiger partial charge in [-0.05, 0) is 54.5 Å². The van der Waals surface area contributed by atoms with Crippen molar-refractivity contribution in [3.8, 4) is 0 Å². The smallest absolute Gasteiger partial charge is 0.131 e. The van der Waals surface area contributed by atoms with Crippen LogP contribution >= 0.6 is 15.9 Å². The monoisotopic (exact) mass is 313 g/mol. The third-order valence-corrected chi connectivity index (χ3v) is 4.14. The highest BCUT2D eigenvalue weighted by molar-refractivity contribution is 9.10. The van der Waals surface area contributed by atoms with Gasteiger partial charge in [0, 0.05) is 6.07 Å². The third-order valence-electron chi connectivity index (χ3n) is 3.73. The maximum atomic E-state index is 9.71. The number of hydrogen-bond donors (Lipinski definition) is 2. The maximum absolute atomic E-state index is 9.71. The molecule has 0 amide bonds. The molecular weight excluding hydrogens is 294 g/mol. The SMILES string of the molecule is Cc1nc(Br)cc(NC2(CO)CCC(C)CC2)n1. The maximum Gasteiger partial charge on any atom is 0.131 e. The Bertz CT molecular complexity index is 396. The molecule has 0 aliphatic heterocycles. The molecule has 0 bridgehead atoms. The summed E-state index contributed by atoms with van der Waals surface area (Å²) >= 11 is 3.37. The highest BCUT2D eigenvalue weighted by Crippen LogP contribution is 2.34. The molecule has 1 fully saturated rings. The van der Waals surface area contributed by atoms with Crippen molar-refractivity contribution in [2.24, 2.45) is 5.92 Å². The van der Waals surface area contributed by atoms with E-state index in [1.807, 2.05) is 13.0 Å². The summed E-state index contributed by atoms with van der Waals surface area (Å²) in [6.45, 7) is 4.29. The second-order valence-corrected chi connectivity index (χ2v) is 6.18. The van der Waals surface area contributed by atoms with Gasteiger partial charge in [0.15, 0.2) is 0 Å². The summed E-state index contributed by atoms with van der Waals surface area (Å²) in [4.78, 5) is 8.57. The molecule has 100 valence electrons. The van der Waals surface area contributed by atoms with Gasteiger partial charge in [0.1, 0.15) is 16.2 Å². The minimum Gasteiger partial charge on any atom is -0.394 e. The van der Waals surface area contributed by atoms with E-state index in [2.05, 4.69) is 38.1 Å². The summed E-state index contributed by atoms with van der Waals surface area (Å²) in [7, 11) is 0. The average molecular weight is 314 g/mol. The second kappa shape index (κ2) is 5.53. The molecular formula is C13H20BrN3O. The lowest BCUT2D eigenvalue weighted by atomic mass is 9.77. The molecule has 2 N–H and O–H groups in total. The largest absolute Gasteiger partial charge is 0.394 e. The van der Waals surface area contributed by atoms with Gasteiger partial charge >= 0.3 is 0 Å². The highest BCUT2D eigenvalue weighted by Gasteiger charge is 2.33. The van der Waals surface area contributed by atoms with Crippen LogP contribution in [-0.2, 0) is 0 Å². The zero-order valence-corrected chi connectivity index (χ0v) is 12.5. The Hall–Kier alpha value is -0.680. The molecule has 4 nitrogen and oxygen atoms in total. The third kappa shape index (κ3) is 3.20.